The average Bonchev–Trinajstić information content (AvgIpc) is 2.51. The minimum atomic E-state index is -3.54. The third-order valence-corrected chi connectivity index (χ3v) is 13.8. The molecule has 0 N–H and O–H groups in total. The van der Waals surface area contributed by atoms with Gasteiger partial charge < -0.3 is 0 Å². The van der Waals surface area contributed by atoms with Crippen molar-refractivity contribution in [3.05, 3.63) is 0 Å². The van der Waals surface area contributed by atoms with E-state index in [4.69, 9.17) is 4.52 Å². The number of hydrogen-bond acceptors (Lipinski definition) is 5. The van der Waals surface area contributed by atoms with Crippen LogP contribution in [0.25, 0.3) is 0 Å². The van der Waals surface area contributed by atoms with Gasteiger partial charge in [0.2, 0.25) is 0 Å². The quantitative estimate of drug-likeness (QED) is 0.268. The fourth-order valence-corrected chi connectivity index (χ4v) is 15.4. The van der Waals surface area contributed by atoms with Crippen LogP contribution in [0.4, 0.5) is 0 Å². The van der Waals surface area contributed by atoms with Crippen LogP contribution in [0.3, 0.4) is 0 Å². The molecule has 0 saturated carbocycles. The molecule has 0 aromatic rings. The van der Waals surface area contributed by atoms with Crippen LogP contribution in [-0.2, 0) is 4.52 Å². The van der Waals surface area contributed by atoms with Gasteiger partial charge >= 0.3 is 197 Å². The molecule has 0 radical (unpaired) electrons. The molecule has 0 aliphatic carbocycles. The fraction of sp³-hybridized carbons (Fsp3) is 1.00. The summed E-state index contributed by atoms with van der Waals surface area (Å²) in [5, 5.41) is 0. The first-order valence-electron chi connectivity index (χ1n) is 12.7. The van der Waals surface area contributed by atoms with E-state index in [0.29, 0.717) is 48.3 Å². The van der Waals surface area contributed by atoms with Crippen molar-refractivity contribution in [3.8, 4) is 0 Å². The van der Waals surface area contributed by atoms with Gasteiger partial charge in [0.25, 0.3) is 0 Å². The topological polar surface area (TPSA) is 22.2 Å². The van der Waals surface area contributed by atoms with E-state index in [1.807, 2.05) is 7.11 Å². The van der Waals surface area contributed by atoms with Crippen LogP contribution in [0.5, 0.6) is 0 Å². The first kappa shape index (κ1) is 31.2. The van der Waals surface area contributed by atoms with Gasteiger partial charge in [0.05, 0.1) is 0 Å². The second kappa shape index (κ2) is 11.6. The predicted molar refractivity (Wildman–Crippen MR) is 142 cm³/mol. The van der Waals surface area contributed by atoms with Crippen molar-refractivity contribution in [1.82, 2.24) is 18.7 Å². The zero-order valence-electron chi connectivity index (χ0n) is 24.3. The molecule has 0 fully saturated rings. The van der Waals surface area contributed by atoms with Crippen molar-refractivity contribution < 1.29 is 4.52 Å². The van der Waals surface area contributed by atoms with Gasteiger partial charge in [0.15, 0.2) is 0 Å². The Morgan fingerprint density at radius 2 is 0.484 bits per heavy atom. The Bertz CT molecular complexity index is 408. The van der Waals surface area contributed by atoms with E-state index in [1.54, 1.807) is 0 Å². The van der Waals surface area contributed by atoms with E-state index in [0.717, 1.165) is 0 Å². The molecule has 0 aromatic heterocycles. The van der Waals surface area contributed by atoms with Crippen LogP contribution in [0, 0.1) is 0 Å². The van der Waals surface area contributed by atoms with E-state index in [-0.39, 0.29) is 0 Å². The molecule has 31 heavy (non-hydrogen) atoms. The normalized spacial score (nSPS) is 15.7. The predicted octanol–water partition coefficient (Wildman–Crippen LogP) is 7.24. The first-order valence-corrected chi connectivity index (χ1v) is 14.7. The van der Waals surface area contributed by atoms with E-state index in [2.05, 4.69) is 129 Å². The standard InChI is InChI=1S/C25H59N4OP/c1-18(2)26(19(3)4)31(30-17,27(20(5)6)21(7)8,28(22(9)10)23(11)12)29(24(13)14)25(15)16/h18-25H,1-17H3. The van der Waals surface area contributed by atoms with Crippen LogP contribution < -0.4 is 0 Å². The summed E-state index contributed by atoms with van der Waals surface area (Å²) < 4.78 is 18.3. The van der Waals surface area contributed by atoms with Crippen LogP contribution in [0.15, 0.2) is 0 Å². The zero-order chi connectivity index (χ0) is 25.1. The zero-order valence-corrected chi connectivity index (χ0v) is 25.2. The maximum atomic E-state index is 7.30. The van der Waals surface area contributed by atoms with Crippen molar-refractivity contribution in [3.63, 3.8) is 0 Å². The summed E-state index contributed by atoms with van der Waals surface area (Å²) in [6.45, 7) is 37.5. The SMILES string of the molecule is COP(N(C(C)C)C(C)C)(N(C(C)C)C(C)C)(N(C(C)C)C(C)C)N(C(C)C)C(C)C. The van der Waals surface area contributed by atoms with Crippen molar-refractivity contribution in [2.75, 3.05) is 7.11 Å². The fourth-order valence-electron chi connectivity index (χ4n) is 6.71. The Labute approximate surface area is 197 Å². The first-order chi connectivity index (χ1) is 14.0. The Hall–Kier alpha value is 0.230. The molecule has 0 amide bonds. The Kier molecular flexibility index (Phi) is 11.7. The number of rotatable bonds is 13. The van der Waals surface area contributed by atoms with Crippen molar-refractivity contribution in [1.29, 1.82) is 0 Å². The van der Waals surface area contributed by atoms with Gasteiger partial charge in [-0.3, -0.25) is 0 Å². The molecular formula is C25H59N4OP. The second-order valence-electron chi connectivity index (χ2n) is 11.3. The van der Waals surface area contributed by atoms with Gasteiger partial charge in [-0.25, -0.2) is 0 Å². The summed E-state index contributed by atoms with van der Waals surface area (Å²) in [6.07, 6.45) is 0. The van der Waals surface area contributed by atoms with Crippen molar-refractivity contribution in [2.24, 2.45) is 0 Å². The van der Waals surface area contributed by atoms with Crippen LogP contribution in [0.1, 0.15) is 111 Å². The molecule has 0 saturated heterocycles. The molecule has 0 aliphatic heterocycles. The van der Waals surface area contributed by atoms with Crippen LogP contribution in [0.2, 0.25) is 0 Å². The Morgan fingerprint density at radius 1 is 0.355 bits per heavy atom. The molecule has 0 rings (SSSR count). The molecule has 0 spiro atoms. The van der Waals surface area contributed by atoms with Gasteiger partial charge in [0.1, 0.15) is 0 Å². The van der Waals surface area contributed by atoms with Gasteiger partial charge in [-0.2, -0.15) is 0 Å². The third-order valence-electron chi connectivity index (χ3n) is 6.18. The van der Waals surface area contributed by atoms with Gasteiger partial charge in [-0.05, 0) is 0 Å². The molecule has 0 bridgehead atoms. The number of hydrogen-bond donors (Lipinski definition) is 0. The molecule has 6 heteroatoms. The molecule has 0 atom stereocenters. The molecule has 0 aliphatic rings. The summed E-state index contributed by atoms with van der Waals surface area (Å²) in [5.41, 5.74) is 0. The van der Waals surface area contributed by atoms with E-state index in [1.165, 1.54) is 0 Å². The molecule has 0 unspecified atom stereocenters. The summed E-state index contributed by atoms with van der Waals surface area (Å²) in [6, 6.07) is 2.54. The van der Waals surface area contributed by atoms with Crippen molar-refractivity contribution in [2.45, 2.75) is 159 Å². The Morgan fingerprint density at radius 3 is 0.548 bits per heavy atom. The summed E-state index contributed by atoms with van der Waals surface area (Å²) in [5.74, 6) is 0. The average molecular weight is 463 g/mol. The third kappa shape index (κ3) is 5.17. The van der Waals surface area contributed by atoms with E-state index >= 15 is 0 Å². The molecule has 0 aromatic carbocycles. The van der Waals surface area contributed by atoms with Crippen LogP contribution >= 0.6 is 7.43 Å². The maximum absolute atomic E-state index is 7.30. The molecular weight excluding hydrogens is 403 g/mol. The molecule has 5 nitrogen and oxygen atoms in total. The van der Waals surface area contributed by atoms with E-state index in [9.17, 15) is 0 Å². The van der Waals surface area contributed by atoms with Crippen molar-refractivity contribution >= 4 is 7.43 Å². The summed E-state index contributed by atoms with van der Waals surface area (Å²) >= 11 is 0. The molecule has 190 valence electrons. The Balaban J connectivity index is 8.34. The van der Waals surface area contributed by atoms with Gasteiger partial charge in [-0.1, -0.05) is 0 Å². The monoisotopic (exact) mass is 462 g/mol. The van der Waals surface area contributed by atoms with Gasteiger partial charge in [-0.15, -0.1) is 0 Å². The minimum absolute atomic E-state index is 0.317. The van der Waals surface area contributed by atoms with Gasteiger partial charge in [0, 0.05) is 0 Å². The second-order valence-corrected chi connectivity index (χ2v) is 15.3. The summed E-state index contributed by atoms with van der Waals surface area (Å²) in [7, 11) is -1.55. The number of nitrogens with zero attached hydrogens (tertiary/aromatic N) is 4. The molecule has 0 heterocycles. The van der Waals surface area contributed by atoms with Crippen LogP contribution in [-0.4, -0.2) is 74.1 Å². The summed E-state index contributed by atoms with van der Waals surface area (Å²) in [4.78, 5) is 0. The van der Waals surface area contributed by atoms with E-state index < -0.39 is 7.43 Å².